The van der Waals surface area contributed by atoms with Crippen molar-refractivity contribution in [3.63, 3.8) is 0 Å². The van der Waals surface area contributed by atoms with Gasteiger partial charge in [-0.2, -0.15) is 13.2 Å². The van der Waals surface area contributed by atoms with Gasteiger partial charge in [0.25, 0.3) is 0 Å². The Morgan fingerprint density at radius 3 is 2.41 bits per heavy atom. The highest BCUT2D eigenvalue weighted by Gasteiger charge is 2.60. The average Bonchev–Trinajstić information content (AvgIpc) is 2.70. The molecule has 3 rings (SSSR count). The van der Waals surface area contributed by atoms with Gasteiger partial charge >= 0.3 is 6.18 Å². The molecule has 1 N–H and O–H groups in total. The summed E-state index contributed by atoms with van der Waals surface area (Å²) in [6.45, 7) is 1.03. The molecule has 152 valence electrons. The summed E-state index contributed by atoms with van der Waals surface area (Å²) in [6.07, 6.45) is -4.90. The molecule has 29 heavy (non-hydrogen) atoms. The molecule has 0 spiro atoms. The summed E-state index contributed by atoms with van der Waals surface area (Å²) < 4.78 is 47.5. The predicted octanol–water partition coefficient (Wildman–Crippen LogP) is 5.09. The van der Waals surface area contributed by atoms with Crippen LogP contribution in [-0.2, 0) is 9.53 Å². The minimum atomic E-state index is -4.84. The van der Waals surface area contributed by atoms with Crippen LogP contribution >= 0.6 is 0 Å². The maximum absolute atomic E-state index is 14.2. The van der Waals surface area contributed by atoms with Crippen molar-refractivity contribution in [1.29, 1.82) is 0 Å². The zero-order valence-corrected chi connectivity index (χ0v) is 16.0. The van der Waals surface area contributed by atoms with Crippen molar-refractivity contribution >= 4 is 22.9 Å². The molecule has 7 heteroatoms. The van der Waals surface area contributed by atoms with Crippen molar-refractivity contribution in [2.45, 2.75) is 19.1 Å². The van der Waals surface area contributed by atoms with Crippen LogP contribution in [0.5, 0.6) is 0 Å². The van der Waals surface area contributed by atoms with E-state index in [0.29, 0.717) is 22.2 Å². The summed E-state index contributed by atoms with van der Waals surface area (Å²) in [7, 11) is 1.15. The lowest BCUT2D eigenvalue weighted by Crippen LogP contribution is -2.50. The first kappa shape index (κ1) is 20.8. The number of anilines is 1. The third-order valence-corrected chi connectivity index (χ3v) is 4.94. The first-order valence-electron chi connectivity index (χ1n) is 9.02. The van der Waals surface area contributed by atoms with E-state index in [9.17, 15) is 18.0 Å². The van der Waals surface area contributed by atoms with E-state index in [0.717, 1.165) is 12.8 Å². The van der Waals surface area contributed by atoms with Gasteiger partial charge in [0.05, 0.1) is 18.2 Å². The molecule has 1 heterocycles. The van der Waals surface area contributed by atoms with Gasteiger partial charge in [-0.1, -0.05) is 36.4 Å². The molecule has 4 nitrogen and oxygen atoms in total. The Hall–Kier alpha value is -2.93. The first-order chi connectivity index (χ1) is 13.8. The largest absolute Gasteiger partial charge is 0.405 e. The number of fused-ring (bicyclic) bond motifs is 1. The number of hydrogen-bond acceptors (Lipinski definition) is 4. The number of rotatable bonds is 7. The molecule has 0 bridgehead atoms. The molecular formula is C22H21F3N2O2. The number of carbonyl (C=O) groups excluding carboxylic acids is 1. The Morgan fingerprint density at radius 1 is 1.07 bits per heavy atom. The van der Waals surface area contributed by atoms with Gasteiger partial charge in [-0.15, -0.1) is 0 Å². The van der Waals surface area contributed by atoms with E-state index < -0.39 is 24.2 Å². The molecule has 1 aromatic heterocycles. The smallest absolute Gasteiger partial charge is 0.383 e. The number of aromatic nitrogens is 1. The molecule has 0 saturated carbocycles. The van der Waals surface area contributed by atoms with E-state index in [1.165, 1.54) is 0 Å². The Balaban J connectivity index is 2.19. The van der Waals surface area contributed by atoms with Crippen LogP contribution in [0.4, 0.5) is 18.9 Å². The zero-order chi connectivity index (χ0) is 21.1. The van der Waals surface area contributed by atoms with Crippen LogP contribution in [0.2, 0.25) is 0 Å². The lowest BCUT2D eigenvalue weighted by molar-refractivity contribution is -0.231. The Kier molecular flexibility index (Phi) is 5.88. The van der Waals surface area contributed by atoms with Crippen molar-refractivity contribution in [3.8, 4) is 0 Å². The van der Waals surface area contributed by atoms with E-state index >= 15 is 0 Å². The van der Waals surface area contributed by atoms with E-state index in [1.807, 2.05) is 6.92 Å². The number of ether oxygens (including phenoxy) is 1. The van der Waals surface area contributed by atoms with Crippen LogP contribution in [-0.4, -0.2) is 31.2 Å². The molecule has 2 unspecified atom stereocenters. The highest BCUT2D eigenvalue weighted by molar-refractivity contribution is 5.91. The summed E-state index contributed by atoms with van der Waals surface area (Å²) in [4.78, 5) is 16.4. The standard InChI is InChI=1S/C22H21F3N2O2/c1-15-11-12-17-18(26-15)9-6-10-19(17)27-20(16-7-4-3-5-8-16)21(13-28,14-29-2)22(23,24)25/h3-13,20,27H,14H2,1-2H3. The predicted molar refractivity (Wildman–Crippen MR) is 106 cm³/mol. The van der Waals surface area contributed by atoms with E-state index in [1.54, 1.807) is 60.7 Å². The van der Waals surface area contributed by atoms with Crippen LogP contribution in [0, 0.1) is 12.3 Å². The molecule has 0 fully saturated rings. The van der Waals surface area contributed by atoms with Gasteiger partial charge in [-0.05, 0) is 36.8 Å². The van der Waals surface area contributed by atoms with Gasteiger partial charge in [0.1, 0.15) is 6.29 Å². The maximum Gasteiger partial charge on any atom is 0.405 e. The summed E-state index contributed by atoms with van der Waals surface area (Å²) in [5.74, 6) is 0. The highest BCUT2D eigenvalue weighted by atomic mass is 19.4. The summed E-state index contributed by atoms with van der Waals surface area (Å²) >= 11 is 0. The van der Waals surface area contributed by atoms with Gasteiger partial charge in [-0.3, -0.25) is 4.98 Å². The number of carbonyl (C=O) groups is 1. The lowest BCUT2D eigenvalue weighted by atomic mass is 9.77. The number of alkyl halides is 3. The van der Waals surface area contributed by atoms with Crippen LogP contribution in [0.1, 0.15) is 17.3 Å². The number of hydrogen-bond donors (Lipinski definition) is 1. The molecular weight excluding hydrogens is 381 g/mol. The Morgan fingerprint density at radius 2 is 1.79 bits per heavy atom. The third kappa shape index (κ3) is 3.96. The fourth-order valence-corrected chi connectivity index (χ4v) is 3.43. The van der Waals surface area contributed by atoms with Gasteiger partial charge in [0.15, 0.2) is 5.41 Å². The molecule has 0 saturated heterocycles. The van der Waals surface area contributed by atoms with Crippen LogP contribution in [0.25, 0.3) is 10.9 Å². The van der Waals surface area contributed by atoms with Gasteiger partial charge in [-0.25, -0.2) is 0 Å². The van der Waals surface area contributed by atoms with Crippen molar-refractivity contribution in [1.82, 2.24) is 4.98 Å². The third-order valence-electron chi connectivity index (χ3n) is 4.94. The van der Waals surface area contributed by atoms with Gasteiger partial charge < -0.3 is 14.8 Å². The first-order valence-corrected chi connectivity index (χ1v) is 9.02. The topological polar surface area (TPSA) is 51.2 Å². The minimum absolute atomic E-state index is 0.0608. The molecule has 2 aromatic carbocycles. The van der Waals surface area contributed by atoms with E-state index in [-0.39, 0.29) is 6.29 Å². The quantitative estimate of drug-likeness (QED) is 0.560. The summed E-state index contributed by atoms with van der Waals surface area (Å²) in [6, 6.07) is 15.5. The Labute approximate surface area is 166 Å². The molecule has 0 radical (unpaired) electrons. The molecule has 0 aliphatic heterocycles. The summed E-state index contributed by atoms with van der Waals surface area (Å²) in [5, 5.41) is 3.63. The van der Waals surface area contributed by atoms with Crippen molar-refractivity contribution in [3.05, 3.63) is 71.9 Å². The number of nitrogens with zero attached hydrogens (tertiary/aromatic N) is 1. The SMILES string of the molecule is COCC(C=O)(C(Nc1cccc2nc(C)ccc12)c1ccccc1)C(F)(F)F. The van der Waals surface area contributed by atoms with Crippen LogP contribution < -0.4 is 5.32 Å². The molecule has 2 atom stereocenters. The van der Waals surface area contributed by atoms with E-state index in [4.69, 9.17) is 4.74 Å². The second-order valence-electron chi connectivity index (χ2n) is 6.90. The highest BCUT2D eigenvalue weighted by Crippen LogP contribution is 2.48. The van der Waals surface area contributed by atoms with Crippen LogP contribution in [0.15, 0.2) is 60.7 Å². The Bertz CT molecular complexity index is 992. The molecule has 0 aliphatic carbocycles. The number of nitrogens with one attached hydrogen (secondary N) is 1. The maximum atomic E-state index is 14.2. The van der Waals surface area contributed by atoms with Gasteiger partial charge in [0, 0.05) is 23.9 Å². The summed E-state index contributed by atoms with van der Waals surface area (Å²) in [5.41, 5.74) is -0.548. The van der Waals surface area contributed by atoms with Crippen molar-refractivity contribution in [2.75, 3.05) is 19.0 Å². The van der Waals surface area contributed by atoms with Crippen LogP contribution in [0.3, 0.4) is 0 Å². The van der Waals surface area contributed by atoms with Gasteiger partial charge in [0.2, 0.25) is 0 Å². The molecule has 0 amide bonds. The average molecular weight is 402 g/mol. The number of halogens is 3. The second kappa shape index (κ2) is 8.21. The zero-order valence-electron chi connectivity index (χ0n) is 16.0. The monoisotopic (exact) mass is 402 g/mol. The fourth-order valence-electron chi connectivity index (χ4n) is 3.43. The van der Waals surface area contributed by atoms with E-state index in [2.05, 4.69) is 10.3 Å². The number of aldehydes is 1. The van der Waals surface area contributed by atoms with Crippen molar-refractivity contribution in [2.24, 2.45) is 5.41 Å². The normalized spacial score (nSPS) is 14.9. The minimum Gasteiger partial charge on any atom is -0.383 e. The number of pyridine rings is 1. The number of benzene rings is 2. The second-order valence-corrected chi connectivity index (χ2v) is 6.90. The lowest BCUT2D eigenvalue weighted by Gasteiger charge is -2.38. The molecule has 0 aliphatic rings. The number of methoxy groups -OCH3 is 1. The molecule has 3 aromatic rings. The van der Waals surface area contributed by atoms with Crippen molar-refractivity contribution < 1.29 is 22.7 Å². The number of aryl methyl sites for hydroxylation is 1. The fraction of sp³-hybridized carbons (Fsp3) is 0.273.